The molecule has 0 radical (unpaired) electrons. The second-order valence-electron chi connectivity index (χ2n) is 9.20. The number of phenols is 1. The lowest BCUT2D eigenvalue weighted by Gasteiger charge is -2.28. The summed E-state index contributed by atoms with van der Waals surface area (Å²) in [6, 6.07) is 22.4. The smallest absolute Gasteiger partial charge is 0.251 e. The fourth-order valence-corrected chi connectivity index (χ4v) is 3.89. The molecule has 0 heterocycles. The van der Waals surface area contributed by atoms with Gasteiger partial charge < -0.3 is 26.0 Å². The lowest BCUT2D eigenvalue weighted by atomic mass is 9.93. The molecule has 0 aliphatic rings. The molecule has 0 fully saturated rings. The van der Waals surface area contributed by atoms with Crippen LogP contribution in [0.15, 0.2) is 72.8 Å². The SMILES string of the molecule is CC(C)(Cc1cccc(C(=O)NCCc2ccccc2)c1)NC[C@@H](O)c1ccc(O)c(CO)c1. The molecule has 0 saturated heterocycles. The summed E-state index contributed by atoms with van der Waals surface area (Å²) in [5.41, 5.74) is 3.51. The highest BCUT2D eigenvalue weighted by atomic mass is 16.3. The van der Waals surface area contributed by atoms with Crippen LogP contribution in [-0.2, 0) is 19.4 Å². The zero-order valence-corrected chi connectivity index (χ0v) is 19.8. The van der Waals surface area contributed by atoms with E-state index in [1.54, 1.807) is 12.1 Å². The number of rotatable bonds is 11. The molecule has 3 rings (SSSR count). The molecule has 6 nitrogen and oxygen atoms in total. The van der Waals surface area contributed by atoms with Gasteiger partial charge in [0.25, 0.3) is 5.91 Å². The highest BCUT2D eigenvalue weighted by molar-refractivity contribution is 5.94. The quantitative estimate of drug-likeness (QED) is 0.300. The Balaban J connectivity index is 1.53. The van der Waals surface area contributed by atoms with Crippen molar-refractivity contribution in [2.75, 3.05) is 13.1 Å². The molecule has 0 aromatic heterocycles. The molecule has 0 bridgehead atoms. The van der Waals surface area contributed by atoms with Crippen molar-refractivity contribution in [1.82, 2.24) is 10.6 Å². The predicted molar refractivity (Wildman–Crippen MR) is 134 cm³/mol. The van der Waals surface area contributed by atoms with Crippen LogP contribution in [-0.4, -0.2) is 39.9 Å². The average molecular weight is 463 g/mol. The number of nitrogens with one attached hydrogen (secondary N) is 2. The first-order chi connectivity index (χ1) is 16.3. The number of carbonyl (C=O) groups is 1. The third kappa shape index (κ3) is 7.42. The first kappa shape index (κ1) is 25.4. The fourth-order valence-electron chi connectivity index (χ4n) is 3.89. The topological polar surface area (TPSA) is 102 Å². The molecule has 0 aliphatic carbocycles. The summed E-state index contributed by atoms with van der Waals surface area (Å²) >= 11 is 0. The summed E-state index contributed by atoms with van der Waals surface area (Å²) < 4.78 is 0. The minimum atomic E-state index is -0.785. The fraction of sp³-hybridized carbons (Fsp3) is 0.321. The van der Waals surface area contributed by atoms with E-state index in [0.29, 0.717) is 36.2 Å². The molecule has 6 heteroatoms. The van der Waals surface area contributed by atoms with Crippen LogP contribution in [0.3, 0.4) is 0 Å². The van der Waals surface area contributed by atoms with E-state index >= 15 is 0 Å². The van der Waals surface area contributed by atoms with Crippen LogP contribution in [0.4, 0.5) is 0 Å². The largest absolute Gasteiger partial charge is 0.508 e. The zero-order chi connectivity index (χ0) is 24.6. The number of hydrogen-bond donors (Lipinski definition) is 5. The van der Waals surface area contributed by atoms with Crippen molar-refractivity contribution in [3.8, 4) is 5.75 Å². The molecule has 34 heavy (non-hydrogen) atoms. The Bertz CT molecular complexity index is 1080. The van der Waals surface area contributed by atoms with Crippen molar-refractivity contribution in [3.63, 3.8) is 0 Å². The first-order valence-corrected chi connectivity index (χ1v) is 11.5. The van der Waals surface area contributed by atoms with Gasteiger partial charge in [0.1, 0.15) is 5.75 Å². The van der Waals surface area contributed by atoms with Crippen molar-refractivity contribution in [1.29, 1.82) is 0 Å². The standard InChI is InChI=1S/C28H34N2O4/c1-28(2,30-18-26(33)22-11-12-25(32)24(16-22)19-31)17-21-9-6-10-23(15-21)27(34)29-14-13-20-7-4-3-5-8-20/h3-12,15-16,26,30-33H,13-14,17-19H2,1-2H3,(H,29,34)/t26-/m1/s1. The Morgan fingerprint density at radius 2 is 1.71 bits per heavy atom. The number of aliphatic hydroxyl groups is 2. The number of β-amino-alcohol motifs (C(OH)–C–C–N with tert-alkyl or cyclic N) is 1. The summed E-state index contributed by atoms with van der Waals surface area (Å²) in [5.74, 6) is -0.0818. The Hall–Kier alpha value is -3.19. The van der Waals surface area contributed by atoms with Gasteiger partial charge in [0, 0.05) is 29.8 Å². The Morgan fingerprint density at radius 1 is 0.971 bits per heavy atom. The van der Waals surface area contributed by atoms with Gasteiger partial charge in [0.15, 0.2) is 0 Å². The minimum absolute atomic E-state index is 0.00993. The van der Waals surface area contributed by atoms with Crippen molar-refractivity contribution < 1.29 is 20.1 Å². The normalized spacial score (nSPS) is 12.4. The number of aromatic hydroxyl groups is 1. The van der Waals surface area contributed by atoms with E-state index in [4.69, 9.17) is 0 Å². The van der Waals surface area contributed by atoms with Gasteiger partial charge in [-0.3, -0.25) is 4.79 Å². The van der Waals surface area contributed by atoms with E-state index in [2.05, 4.69) is 10.6 Å². The molecule has 0 spiro atoms. The molecular formula is C28H34N2O4. The maximum Gasteiger partial charge on any atom is 0.251 e. The molecule has 0 aliphatic heterocycles. The van der Waals surface area contributed by atoms with E-state index < -0.39 is 6.10 Å². The maximum absolute atomic E-state index is 12.6. The third-order valence-electron chi connectivity index (χ3n) is 5.81. The molecular weight excluding hydrogens is 428 g/mol. The van der Waals surface area contributed by atoms with Gasteiger partial charge >= 0.3 is 0 Å². The number of carbonyl (C=O) groups excluding carboxylic acids is 1. The second kappa shape index (κ2) is 11.8. The Morgan fingerprint density at radius 3 is 2.44 bits per heavy atom. The Kier molecular flexibility index (Phi) is 8.82. The lowest BCUT2D eigenvalue weighted by Crippen LogP contribution is -2.43. The van der Waals surface area contributed by atoms with Gasteiger partial charge in [-0.1, -0.05) is 48.5 Å². The van der Waals surface area contributed by atoms with Crippen molar-refractivity contribution in [2.45, 2.75) is 44.9 Å². The van der Waals surface area contributed by atoms with Gasteiger partial charge in [-0.2, -0.15) is 0 Å². The minimum Gasteiger partial charge on any atom is -0.508 e. The van der Waals surface area contributed by atoms with Crippen molar-refractivity contribution >= 4 is 5.91 Å². The summed E-state index contributed by atoms with van der Waals surface area (Å²) in [6.07, 6.45) is 0.668. The van der Waals surface area contributed by atoms with Gasteiger partial charge in [-0.15, -0.1) is 0 Å². The molecule has 0 saturated carbocycles. The van der Waals surface area contributed by atoms with E-state index in [1.807, 2.05) is 68.4 Å². The van der Waals surface area contributed by atoms with Gasteiger partial charge in [-0.05, 0) is 67.6 Å². The van der Waals surface area contributed by atoms with Crippen molar-refractivity contribution in [2.24, 2.45) is 0 Å². The van der Waals surface area contributed by atoms with Gasteiger partial charge in [0.2, 0.25) is 0 Å². The van der Waals surface area contributed by atoms with Crippen LogP contribution in [0.1, 0.15) is 52.6 Å². The van der Waals surface area contributed by atoms with Gasteiger partial charge in [-0.25, -0.2) is 0 Å². The first-order valence-electron chi connectivity index (χ1n) is 11.5. The highest BCUT2D eigenvalue weighted by Crippen LogP contribution is 2.23. The zero-order valence-electron chi connectivity index (χ0n) is 19.8. The number of amides is 1. The van der Waals surface area contributed by atoms with E-state index in [0.717, 1.165) is 12.0 Å². The lowest BCUT2D eigenvalue weighted by molar-refractivity contribution is 0.0954. The highest BCUT2D eigenvalue weighted by Gasteiger charge is 2.21. The van der Waals surface area contributed by atoms with Crippen LogP contribution in [0.2, 0.25) is 0 Å². The van der Waals surface area contributed by atoms with E-state index in [1.165, 1.54) is 11.6 Å². The summed E-state index contributed by atoms with van der Waals surface area (Å²) in [6.45, 7) is 4.68. The average Bonchev–Trinajstić information content (AvgIpc) is 2.83. The molecule has 3 aromatic rings. The molecule has 3 aromatic carbocycles. The van der Waals surface area contributed by atoms with Crippen molar-refractivity contribution in [3.05, 3.63) is 101 Å². The van der Waals surface area contributed by atoms with Gasteiger partial charge in [0.05, 0.1) is 12.7 Å². The summed E-state index contributed by atoms with van der Waals surface area (Å²) in [4.78, 5) is 12.6. The number of benzene rings is 3. The Labute approximate surface area is 201 Å². The molecule has 0 unspecified atom stereocenters. The third-order valence-corrected chi connectivity index (χ3v) is 5.81. The van der Waals surface area contributed by atoms with E-state index in [9.17, 15) is 20.1 Å². The maximum atomic E-state index is 12.6. The monoisotopic (exact) mass is 462 g/mol. The second-order valence-corrected chi connectivity index (χ2v) is 9.20. The van der Waals surface area contributed by atoms with Crippen LogP contribution in [0.5, 0.6) is 5.75 Å². The predicted octanol–water partition coefficient (Wildman–Crippen LogP) is 3.50. The molecule has 1 amide bonds. The number of aliphatic hydroxyl groups excluding tert-OH is 2. The molecule has 180 valence electrons. The summed E-state index contributed by atoms with van der Waals surface area (Å²) in [5, 5.41) is 36.0. The van der Waals surface area contributed by atoms with E-state index in [-0.39, 0.29) is 23.8 Å². The van der Waals surface area contributed by atoms with Crippen LogP contribution in [0, 0.1) is 0 Å². The van der Waals surface area contributed by atoms with Crippen LogP contribution in [0.25, 0.3) is 0 Å². The van der Waals surface area contributed by atoms with Crippen LogP contribution < -0.4 is 10.6 Å². The molecule has 5 N–H and O–H groups in total. The van der Waals surface area contributed by atoms with Crippen LogP contribution >= 0.6 is 0 Å². The number of hydrogen-bond acceptors (Lipinski definition) is 5. The summed E-state index contributed by atoms with van der Waals surface area (Å²) in [7, 11) is 0. The molecule has 1 atom stereocenters.